The minimum absolute atomic E-state index is 0.486. The molecular formula is C19H14ClN3. The van der Waals surface area contributed by atoms with Crippen molar-refractivity contribution in [1.29, 1.82) is 0 Å². The Bertz CT molecular complexity index is 1060. The number of rotatable bonds is 1. The van der Waals surface area contributed by atoms with E-state index in [9.17, 15) is 0 Å². The Morgan fingerprint density at radius 1 is 0.826 bits per heavy atom. The van der Waals surface area contributed by atoms with Gasteiger partial charge in [0.15, 0.2) is 0 Å². The molecule has 0 saturated carbocycles. The van der Waals surface area contributed by atoms with Gasteiger partial charge in [-0.3, -0.25) is 4.98 Å². The van der Waals surface area contributed by atoms with Crippen LogP contribution in [0.3, 0.4) is 0 Å². The van der Waals surface area contributed by atoms with Crippen molar-refractivity contribution in [3.8, 4) is 11.4 Å². The number of fused-ring (bicyclic) bond motifs is 2. The van der Waals surface area contributed by atoms with Gasteiger partial charge in [-0.25, -0.2) is 9.97 Å². The Labute approximate surface area is 139 Å². The fraction of sp³-hybridized carbons (Fsp3) is 0.105. The van der Waals surface area contributed by atoms with Crippen LogP contribution in [0, 0.1) is 13.8 Å². The highest BCUT2D eigenvalue weighted by atomic mass is 35.5. The largest absolute Gasteiger partial charge is 0.252 e. The van der Waals surface area contributed by atoms with E-state index in [1.165, 1.54) is 11.1 Å². The van der Waals surface area contributed by atoms with Crippen molar-refractivity contribution in [2.24, 2.45) is 0 Å². The van der Waals surface area contributed by atoms with Crippen molar-refractivity contribution in [3.63, 3.8) is 0 Å². The molecule has 0 atom stereocenters. The third-order valence-electron chi connectivity index (χ3n) is 4.11. The molecule has 2 aromatic heterocycles. The minimum atomic E-state index is 0.486. The second-order valence-corrected chi connectivity index (χ2v) is 6.06. The van der Waals surface area contributed by atoms with Crippen molar-refractivity contribution in [2.45, 2.75) is 13.8 Å². The van der Waals surface area contributed by atoms with Crippen LogP contribution in [0.5, 0.6) is 0 Å². The zero-order valence-corrected chi connectivity index (χ0v) is 13.6. The minimum Gasteiger partial charge on any atom is -0.252 e. The van der Waals surface area contributed by atoms with Crippen LogP contribution in [0.1, 0.15) is 11.1 Å². The summed E-state index contributed by atoms with van der Waals surface area (Å²) in [4.78, 5) is 13.7. The first kappa shape index (κ1) is 14.1. The molecule has 4 heteroatoms. The summed E-state index contributed by atoms with van der Waals surface area (Å²) in [6.07, 6.45) is 1.75. The van der Waals surface area contributed by atoms with E-state index in [4.69, 9.17) is 16.6 Å². The van der Waals surface area contributed by atoms with Gasteiger partial charge in [-0.1, -0.05) is 35.9 Å². The van der Waals surface area contributed by atoms with Crippen molar-refractivity contribution in [1.82, 2.24) is 15.0 Å². The molecule has 0 aliphatic heterocycles. The second-order valence-electron chi connectivity index (χ2n) is 5.70. The van der Waals surface area contributed by atoms with E-state index in [2.05, 4.69) is 35.9 Å². The van der Waals surface area contributed by atoms with Crippen LogP contribution in [0.2, 0.25) is 5.15 Å². The fourth-order valence-corrected chi connectivity index (χ4v) is 2.94. The van der Waals surface area contributed by atoms with Gasteiger partial charge < -0.3 is 0 Å². The Kier molecular flexibility index (Phi) is 3.24. The van der Waals surface area contributed by atoms with Crippen molar-refractivity contribution >= 4 is 33.4 Å². The molecule has 23 heavy (non-hydrogen) atoms. The molecule has 0 spiro atoms. The third kappa shape index (κ3) is 2.43. The number of nitrogens with zero attached hydrogens (tertiary/aromatic N) is 3. The Morgan fingerprint density at radius 2 is 1.57 bits per heavy atom. The molecule has 4 aromatic rings. The highest BCUT2D eigenvalue weighted by Gasteiger charge is 2.09. The van der Waals surface area contributed by atoms with Gasteiger partial charge in [0.1, 0.15) is 10.8 Å². The second kappa shape index (κ2) is 5.28. The maximum absolute atomic E-state index is 6.32. The molecular weight excluding hydrogens is 306 g/mol. The van der Waals surface area contributed by atoms with Crippen LogP contribution in [0.4, 0.5) is 0 Å². The number of hydrogen-bond acceptors (Lipinski definition) is 3. The molecule has 0 radical (unpaired) electrons. The van der Waals surface area contributed by atoms with Gasteiger partial charge in [-0.2, -0.15) is 0 Å². The van der Waals surface area contributed by atoms with Gasteiger partial charge in [-0.05, 0) is 48.6 Å². The summed E-state index contributed by atoms with van der Waals surface area (Å²) >= 11 is 6.32. The van der Waals surface area contributed by atoms with Crippen molar-refractivity contribution in [2.75, 3.05) is 0 Å². The van der Waals surface area contributed by atoms with Gasteiger partial charge in [-0.15, -0.1) is 0 Å². The highest BCUT2D eigenvalue weighted by molar-refractivity contribution is 6.34. The summed E-state index contributed by atoms with van der Waals surface area (Å²) < 4.78 is 0. The van der Waals surface area contributed by atoms with E-state index in [1.54, 1.807) is 6.20 Å². The monoisotopic (exact) mass is 319 g/mol. The first-order valence-corrected chi connectivity index (χ1v) is 7.79. The Balaban J connectivity index is 1.93. The van der Waals surface area contributed by atoms with Crippen LogP contribution in [-0.4, -0.2) is 15.0 Å². The molecule has 0 N–H and O–H groups in total. The van der Waals surface area contributed by atoms with E-state index in [0.29, 0.717) is 5.15 Å². The molecule has 2 aromatic carbocycles. The maximum atomic E-state index is 6.32. The number of halogens is 1. The van der Waals surface area contributed by atoms with E-state index in [0.717, 1.165) is 33.2 Å². The molecule has 0 aliphatic carbocycles. The van der Waals surface area contributed by atoms with Gasteiger partial charge in [0.05, 0.1) is 22.9 Å². The predicted octanol–water partition coefficient (Wildman–Crippen LogP) is 5.12. The average molecular weight is 320 g/mol. The Morgan fingerprint density at radius 3 is 2.39 bits per heavy atom. The fourth-order valence-electron chi connectivity index (χ4n) is 2.68. The molecule has 0 unspecified atom stereocenters. The number of hydrogen-bond donors (Lipinski definition) is 0. The lowest BCUT2D eigenvalue weighted by Crippen LogP contribution is -1.93. The lowest BCUT2D eigenvalue weighted by molar-refractivity contribution is 1.23. The predicted molar refractivity (Wildman–Crippen MR) is 94.8 cm³/mol. The number of benzene rings is 2. The molecule has 3 nitrogen and oxygen atoms in total. The van der Waals surface area contributed by atoms with E-state index < -0.39 is 0 Å². The van der Waals surface area contributed by atoms with Crippen LogP contribution in [0.15, 0.2) is 48.7 Å². The zero-order valence-electron chi connectivity index (χ0n) is 12.8. The van der Waals surface area contributed by atoms with Crippen LogP contribution >= 0.6 is 11.6 Å². The number of aromatic nitrogens is 3. The summed E-state index contributed by atoms with van der Waals surface area (Å²) in [6, 6.07) is 14.0. The smallest absolute Gasteiger partial charge is 0.137 e. The van der Waals surface area contributed by atoms with Gasteiger partial charge in [0.25, 0.3) is 0 Å². The van der Waals surface area contributed by atoms with E-state index in [-0.39, 0.29) is 0 Å². The summed E-state index contributed by atoms with van der Waals surface area (Å²) in [5.74, 6) is 0. The summed E-state index contributed by atoms with van der Waals surface area (Å²) in [5.41, 5.74) is 5.65. The topological polar surface area (TPSA) is 38.7 Å². The maximum Gasteiger partial charge on any atom is 0.137 e. The summed E-state index contributed by atoms with van der Waals surface area (Å²) in [5, 5.41) is 2.47. The first-order chi connectivity index (χ1) is 11.1. The molecule has 2 heterocycles. The quantitative estimate of drug-likeness (QED) is 0.457. The Hall–Kier alpha value is -2.52. The SMILES string of the molecule is Cc1cc2ncc(-c3cc4ccccc4c(Cl)n3)nc2cc1C. The third-order valence-corrected chi connectivity index (χ3v) is 4.40. The molecule has 0 amide bonds. The van der Waals surface area contributed by atoms with Crippen LogP contribution in [0.25, 0.3) is 33.2 Å². The normalized spacial score (nSPS) is 11.3. The lowest BCUT2D eigenvalue weighted by Gasteiger charge is -2.07. The highest BCUT2D eigenvalue weighted by Crippen LogP contribution is 2.27. The van der Waals surface area contributed by atoms with Gasteiger partial charge in [0, 0.05) is 5.39 Å². The first-order valence-electron chi connectivity index (χ1n) is 7.41. The van der Waals surface area contributed by atoms with Crippen LogP contribution < -0.4 is 0 Å². The van der Waals surface area contributed by atoms with E-state index in [1.807, 2.05) is 30.3 Å². The van der Waals surface area contributed by atoms with Gasteiger partial charge >= 0.3 is 0 Å². The van der Waals surface area contributed by atoms with E-state index >= 15 is 0 Å². The zero-order chi connectivity index (χ0) is 16.0. The van der Waals surface area contributed by atoms with Crippen molar-refractivity contribution in [3.05, 3.63) is 64.9 Å². The molecule has 0 aliphatic rings. The number of aryl methyl sites for hydroxylation is 2. The summed E-state index contributed by atoms with van der Waals surface area (Å²) in [6.45, 7) is 4.16. The molecule has 0 saturated heterocycles. The van der Waals surface area contributed by atoms with Crippen LogP contribution in [-0.2, 0) is 0 Å². The molecule has 0 bridgehead atoms. The average Bonchev–Trinajstić information content (AvgIpc) is 2.55. The number of pyridine rings is 1. The van der Waals surface area contributed by atoms with Gasteiger partial charge in [0.2, 0.25) is 0 Å². The lowest BCUT2D eigenvalue weighted by atomic mass is 10.1. The molecule has 4 rings (SSSR count). The molecule has 112 valence electrons. The molecule has 0 fully saturated rings. The standard InChI is InChI=1S/C19H14ClN3/c1-11-7-15-16(8-12(11)2)22-18(10-21-15)17-9-13-5-3-4-6-14(13)19(20)23-17/h3-10H,1-2H3. The summed E-state index contributed by atoms with van der Waals surface area (Å²) in [7, 11) is 0. The van der Waals surface area contributed by atoms with Crippen molar-refractivity contribution < 1.29 is 0 Å².